The normalized spacial score (nSPS) is 14.2. The Kier molecular flexibility index (Phi) is 5.11. The van der Waals surface area contributed by atoms with Gasteiger partial charge in [-0.05, 0) is 20.3 Å². The van der Waals surface area contributed by atoms with Gasteiger partial charge >= 0.3 is 0 Å². The van der Waals surface area contributed by atoms with Crippen molar-refractivity contribution in [3.63, 3.8) is 0 Å². The molecule has 0 fully saturated rings. The second-order valence-corrected chi connectivity index (χ2v) is 4.18. The Labute approximate surface area is 102 Å². The molecule has 0 aliphatic carbocycles. The van der Waals surface area contributed by atoms with Crippen molar-refractivity contribution in [2.75, 3.05) is 10.7 Å². The maximum atomic E-state index is 9.30. The molecule has 0 bridgehead atoms. The molecule has 0 amide bonds. The Morgan fingerprint density at radius 3 is 2.53 bits per heavy atom. The Balaban J connectivity index is 2.75. The maximum Gasteiger partial charge on any atom is 0.145 e. The fourth-order valence-electron chi connectivity index (χ4n) is 1.63. The van der Waals surface area contributed by atoms with Crippen LogP contribution in [0.15, 0.2) is 6.07 Å². The van der Waals surface area contributed by atoms with Crippen molar-refractivity contribution in [1.29, 1.82) is 0 Å². The number of rotatable bonds is 6. The molecule has 1 rings (SSSR count). The quantitative estimate of drug-likeness (QED) is 0.435. The van der Waals surface area contributed by atoms with Crippen LogP contribution in [0.2, 0.25) is 0 Å². The minimum atomic E-state index is -0.336. The number of aliphatic hydroxyl groups excluding tert-OH is 1. The summed E-state index contributed by atoms with van der Waals surface area (Å²) in [6.45, 7) is 5.75. The number of nitrogens with two attached hydrogens (primary N) is 1. The van der Waals surface area contributed by atoms with Crippen LogP contribution in [-0.4, -0.2) is 27.2 Å². The van der Waals surface area contributed by atoms with E-state index in [-0.39, 0.29) is 12.1 Å². The first kappa shape index (κ1) is 13.7. The number of anilines is 2. The topological polar surface area (TPSA) is 96.1 Å². The Morgan fingerprint density at radius 1 is 1.35 bits per heavy atom. The summed E-state index contributed by atoms with van der Waals surface area (Å²) in [5.41, 5.74) is 2.52. The van der Waals surface area contributed by atoms with E-state index < -0.39 is 0 Å². The lowest BCUT2D eigenvalue weighted by Gasteiger charge is -2.16. The van der Waals surface area contributed by atoms with Gasteiger partial charge in [-0.25, -0.2) is 15.8 Å². The van der Waals surface area contributed by atoms with E-state index in [1.165, 1.54) is 0 Å². The second kappa shape index (κ2) is 6.36. The first-order valence-corrected chi connectivity index (χ1v) is 5.84. The van der Waals surface area contributed by atoms with Crippen molar-refractivity contribution >= 4 is 11.6 Å². The van der Waals surface area contributed by atoms with Crippen LogP contribution in [0, 0.1) is 0 Å². The van der Waals surface area contributed by atoms with Gasteiger partial charge in [0.05, 0.1) is 6.10 Å². The van der Waals surface area contributed by atoms with E-state index in [1.807, 2.05) is 13.8 Å². The fourth-order valence-corrected chi connectivity index (χ4v) is 1.63. The molecular weight excluding hydrogens is 218 g/mol. The standard InChI is InChI=1S/C11H21N5O/c1-4-9-14-10(6-11(15-9)16-12)13-7(2)5-8(3)17/h6-8,17H,4-5,12H2,1-3H3,(H2,13,14,15,16). The molecule has 6 heteroatoms. The predicted molar refractivity (Wildman–Crippen MR) is 68.6 cm³/mol. The number of aryl methyl sites for hydroxylation is 1. The van der Waals surface area contributed by atoms with Crippen molar-refractivity contribution in [1.82, 2.24) is 9.97 Å². The summed E-state index contributed by atoms with van der Waals surface area (Å²) in [4.78, 5) is 8.55. The summed E-state index contributed by atoms with van der Waals surface area (Å²) in [5.74, 6) is 7.38. The third-order valence-corrected chi connectivity index (χ3v) is 2.33. The zero-order chi connectivity index (χ0) is 12.8. The molecule has 1 aromatic rings. The molecule has 0 aliphatic rings. The van der Waals surface area contributed by atoms with Gasteiger partial charge in [-0.3, -0.25) is 0 Å². The van der Waals surface area contributed by atoms with E-state index in [0.717, 1.165) is 18.1 Å². The van der Waals surface area contributed by atoms with E-state index in [0.29, 0.717) is 12.2 Å². The van der Waals surface area contributed by atoms with Gasteiger partial charge in [-0.2, -0.15) is 0 Å². The van der Waals surface area contributed by atoms with E-state index in [1.54, 1.807) is 13.0 Å². The molecule has 0 aromatic carbocycles. The summed E-state index contributed by atoms with van der Waals surface area (Å²) in [5, 5.41) is 12.5. The molecule has 0 aliphatic heterocycles. The highest BCUT2D eigenvalue weighted by Gasteiger charge is 2.08. The fraction of sp³-hybridized carbons (Fsp3) is 0.636. The smallest absolute Gasteiger partial charge is 0.145 e. The molecule has 0 saturated carbocycles. The van der Waals surface area contributed by atoms with E-state index in [9.17, 15) is 5.11 Å². The highest BCUT2D eigenvalue weighted by Crippen LogP contribution is 2.13. The monoisotopic (exact) mass is 239 g/mol. The average Bonchev–Trinajstić information content (AvgIpc) is 2.27. The molecule has 1 aromatic heterocycles. The largest absolute Gasteiger partial charge is 0.393 e. The maximum absolute atomic E-state index is 9.30. The molecule has 6 nitrogen and oxygen atoms in total. The van der Waals surface area contributed by atoms with Gasteiger partial charge in [0.2, 0.25) is 0 Å². The van der Waals surface area contributed by atoms with Crippen LogP contribution in [0.4, 0.5) is 11.6 Å². The van der Waals surface area contributed by atoms with Crippen molar-refractivity contribution in [2.24, 2.45) is 5.84 Å². The average molecular weight is 239 g/mol. The van der Waals surface area contributed by atoms with Gasteiger partial charge in [0.1, 0.15) is 17.5 Å². The summed E-state index contributed by atoms with van der Waals surface area (Å²) >= 11 is 0. The second-order valence-electron chi connectivity index (χ2n) is 4.18. The minimum absolute atomic E-state index is 0.139. The number of aromatic nitrogens is 2. The first-order valence-electron chi connectivity index (χ1n) is 5.84. The highest BCUT2D eigenvalue weighted by atomic mass is 16.3. The van der Waals surface area contributed by atoms with Gasteiger partial charge in [-0.1, -0.05) is 6.92 Å². The van der Waals surface area contributed by atoms with Gasteiger partial charge in [0, 0.05) is 18.5 Å². The Bertz CT molecular complexity index is 333. The molecule has 2 atom stereocenters. The van der Waals surface area contributed by atoms with Gasteiger partial charge in [0.15, 0.2) is 0 Å². The summed E-state index contributed by atoms with van der Waals surface area (Å²) < 4.78 is 0. The van der Waals surface area contributed by atoms with E-state index >= 15 is 0 Å². The minimum Gasteiger partial charge on any atom is -0.393 e. The van der Waals surface area contributed by atoms with Crippen molar-refractivity contribution in [2.45, 2.75) is 45.8 Å². The van der Waals surface area contributed by atoms with E-state index in [2.05, 4.69) is 20.7 Å². The number of nitrogens with one attached hydrogen (secondary N) is 2. The zero-order valence-corrected chi connectivity index (χ0v) is 10.6. The Morgan fingerprint density at radius 2 is 2.00 bits per heavy atom. The summed E-state index contributed by atoms with van der Waals surface area (Å²) in [7, 11) is 0. The van der Waals surface area contributed by atoms with Crippen molar-refractivity contribution < 1.29 is 5.11 Å². The molecule has 96 valence electrons. The lowest BCUT2D eigenvalue weighted by Crippen LogP contribution is -2.22. The van der Waals surface area contributed by atoms with Crippen molar-refractivity contribution in [3.8, 4) is 0 Å². The first-order chi connectivity index (χ1) is 8.05. The molecule has 1 heterocycles. The number of nitrogens with zero attached hydrogens (tertiary/aromatic N) is 2. The molecule has 2 unspecified atom stereocenters. The number of hydrogen-bond acceptors (Lipinski definition) is 6. The Hall–Kier alpha value is -1.40. The van der Waals surface area contributed by atoms with Crippen LogP contribution in [0.5, 0.6) is 0 Å². The summed E-state index contributed by atoms with van der Waals surface area (Å²) in [6.07, 6.45) is 1.07. The SMILES string of the molecule is CCc1nc(NN)cc(NC(C)CC(C)O)n1. The molecule has 0 spiro atoms. The number of hydrazine groups is 1. The molecule has 5 N–H and O–H groups in total. The third kappa shape index (κ3) is 4.54. The lowest BCUT2D eigenvalue weighted by molar-refractivity contribution is 0.179. The van der Waals surface area contributed by atoms with Gasteiger partial charge in [-0.15, -0.1) is 0 Å². The van der Waals surface area contributed by atoms with Crippen LogP contribution in [-0.2, 0) is 6.42 Å². The molecule has 0 radical (unpaired) electrons. The molecule has 0 saturated heterocycles. The lowest BCUT2D eigenvalue weighted by atomic mass is 10.1. The predicted octanol–water partition coefficient (Wildman–Crippen LogP) is 0.896. The van der Waals surface area contributed by atoms with Crippen LogP contribution in [0.1, 0.15) is 33.0 Å². The molecular formula is C11H21N5O. The van der Waals surface area contributed by atoms with Crippen LogP contribution < -0.4 is 16.6 Å². The zero-order valence-electron chi connectivity index (χ0n) is 10.6. The van der Waals surface area contributed by atoms with Crippen LogP contribution in [0.25, 0.3) is 0 Å². The van der Waals surface area contributed by atoms with Crippen molar-refractivity contribution in [3.05, 3.63) is 11.9 Å². The summed E-state index contributed by atoms with van der Waals surface area (Å²) in [6, 6.07) is 1.89. The highest BCUT2D eigenvalue weighted by molar-refractivity contribution is 5.47. The number of hydrogen-bond donors (Lipinski definition) is 4. The third-order valence-electron chi connectivity index (χ3n) is 2.33. The van der Waals surface area contributed by atoms with E-state index in [4.69, 9.17) is 5.84 Å². The molecule has 17 heavy (non-hydrogen) atoms. The van der Waals surface area contributed by atoms with Crippen LogP contribution in [0.3, 0.4) is 0 Å². The number of nitrogen functional groups attached to an aromatic ring is 1. The van der Waals surface area contributed by atoms with Gasteiger partial charge in [0.25, 0.3) is 0 Å². The number of aliphatic hydroxyl groups is 1. The van der Waals surface area contributed by atoms with Crippen LogP contribution >= 0.6 is 0 Å². The van der Waals surface area contributed by atoms with Gasteiger partial charge < -0.3 is 15.8 Å².